The minimum Gasteiger partial charge on any atom is -0.0843 e. The Hall–Kier alpha value is -2.87. The maximum atomic E-state index is 6.07. The van der Waals surface area contributed by atoms with E-state index in [4.69, 9.17) is 11.6 Å². The molecule has 136 valence electrons. The summed E-state index contributed by atoms with van der Waals surface area (Å²) in [6, 6.07) is 40.7. The van der Waals surface area contributed by atoms with Crippen LogP contribution in [0.5, 0.6) is 0 Å². The van der Waals surface area contributed by atoms with Crippen LogP contribution in [0.25, 0.3) is 6.08 Å². The van der Waals surface area contributed by atoms with Crippen molar-refractivity contribution in [3.8, 4) is 0 Å². The standard InChI is InChI=1S/C26H21ClSi/c27-23-18-16-22(17-19-23)20-21-28(24-10-4-1-5-11-24,25-12-6-2-7-13-25)26-14-8-3-9-15-26/h1-21H/b21-20+. The average Bonchev–Trinajstić information content (AvgIpc) is 2.78. The molecule has 0 aliphatic heterocycles. The third kappa shape index (κ3) is 3.73. The summed E-state index contributed by atoms with van der Waals surface area (Å²) in [5, 5.41) is 4.88. The molecule has 0 heterocycles. The molecule has 0 unspecified atom stereocenters. The van der Waals surface area contributed by atoms with Crippen LogP contribution in [-0.2, 0) is 0 Å². The van der Waals surface area contributed by atoms with Gasteiger partial charge in [0.25, 0.3) is 0 Å². The highest BCUT2D eigenvalue weighted by Gasteiger charge is 2.36. The molecule has 0 aliphatic rings. The van der Waals surface area contributed by atoms with Gasteiger partial charge in [-0.25, -0.2) is 0 Å². The second kappa shape index (κ2) is 8.43. The van der Waals surface area contributed by atoms with Crippen molar-refractivity contribution in [1.29, 1.82) is 0 Å². The van der Waals surface area contributed by atoms with E-state index in [1.807, 2.05) is 12.1 Å². The first kappa shape index (κ1) is 18.5. The van der Waals surface area contributed by atoms with Crippen molar-refractivity contribution in [2.75, 3.05) is 0 Å². The molecule has 0 bridgehead atoms. The highest BCUT2D eigenvalue weighted by Crippen LogP contribution is 2.14. The van der Waals surface area contributed by atoms with Gasteiger partial charge in [-0.2, -0.15) is 0 Å². The zero-order valence-corrected chi connectivity index (χ0v) is 17.3. The Labute approximate surface area is 172 Å². The SMILES string of the molecule is Clc1ccc(/C=C/[Si](c2ccccc2)(c2ccccc2)c2ccccc2)cc1. The first-order valence-electron chi connectivity index (χ1n) is 9.40. The molecule has 0 nitrogen and oxygen atoms in total. The summed E-state index contributed by atoms with van der Waals surface area (Å²) in [4.78, 5) is 0. The van der Waals surface area contributed by atoms with Gasteiger partial charge in [-0.3, -0.25) is 0 Å². The van der Waals surface area contributed by atoms with E-state index in [0.717, 1.165) is 10.6 Å². The van der Waals surface area contributed by atoms with Crippen LogP contribution in [0.1, 0.15) is 5.56 Å². The van der Waals surface area contributed by atoms with Crippen LogP contribution >= 0.6 is 11.6 Å². The molecule has 0 saturated carbocycles. The molecular weight excluding hydrogens is 376 g/mol. The Morgan fingerprint density at radius 2 is 0.893 bits per heavy atom. The summed E-state index contributed by atoms with van der Waals surface area (Å²) >= 11 is 6.07. The molecule has 2 heteroatoms. The van der Waals surface area contributed by atoms with E-state index in [9.17, 15) is 0 Å². The van der Waals surface area contributed by atoms with Gasteiger partial charge in [0.15, 0.2) is 8.07 Å². The number of rotatable bonds is 5. The molecule has 4 rings (SSSR count). The lowest BCUT2D eigenvalue weighted by Crippen LogP contribution is -2.66. The molecule has 28 heavy (non-hydrogen) atoms. The summed E-state index contributed by atoms with van der Waals surface area (Å²) in [7, 11) is -2.33. The van der Waals surface area contributed by atoms with E-state index < -0.39 is 8.07 Å². The molecule has 0 saturated heterocycles. The van der Waals surface area contributed by atoms with Crippen molar-refractivity contribution in [3.05, 3.63) is 132 Å². The third-order valence-electron chi connectivity index (χ3n) is 5.08. The van der Waals surface area contributed by atoms with Crippen LogP contribution in [-0.4, -0.2) is 8.07 Å². The minimum atomic E-state index is -2.33. The Morgan fingerprint density at radius 1 is 0.500 bits per heavy atom. The molecule has 4 aromatic carbocycles. The molecule has 4 aromatic rings. The van der Waals surface area contributed by atoms with E-state index >= 15 is 0 Å². The summed E-state index contributed by atoms with van der Waals surface area (Å²) in [5.74, 6) is 0. The van der Waals surface area contributed by atoms with Crippen molar-refractivity contribution >= 4 is 41.3 Å². The maximum Gasteiger partial charge on any atom is 0.172 e. The first-order valence-corrected chi connectivity index (χ1v) is 11.9. The number of benzene rings is 4. The lowest BCUT2D eigenvalue weighted by molar-refractivity contribution is 1.65. The fraction of sp³-hybridized carbons (Fsp3) is 0. The third-order valence-corrected chi connectivity index (χ3v) is 9.73. The number of hydrogen-bond acceptors (Lipinski definition) is 0. The molecule has 0 N–H and O–H groups in total. The largest absolute Gasteiger partial charge is 0.172 e. The smallest absolute Gasteiger partial charge is 0.0843 e. The van der Waals surface area contributed by atoms with Crippen LogP contribution in [0.4, 0.5) is 0 Å². The molecule has 0 spiro atoms. The summed E-state index contributed by atoms with van der Waals surface area (Å²) in [6.07, 6.45) is 2.25. The van der Waals surface area contributed by atoms with Crippen molar-refractivity contribution in [1.82, 2.24) is 0 Å². The van der Waals surface area contributed by atoms with E-state index in [1.165, 1.54) is 15.6 Å². The Bertz CT molecular complexity index is 943. The topological polar surface area (TPSA) is 0 Å². The van der Waals surface area contributed by atoms with Gasteiger partial charge >= 0.3 is 0 Å². The van der Waals surface area contributed by atoms with Gasteiger partial charge in [0.2, 0.25) is 0 Å². The van der Waals surface area contributed by atoms with Gasteiger partial charge in [0.1, 0.15) is 0 Å². The minimum absolute atomic E-state index is 0.759. The average molecular weight is 397 g/mol. The van der Waals surface area contributed by atoms with Crippen molar-refractivity contribution in [2.24, 2.45) is 0 Å². The monoisotopic (exact) mass is 396 g/mol. The van der Waals surface area contributed by atoms with E-state index in [2.05, 4.69) is 115 Å². The van der Waals surface area contributed by atoms with Crippen LogP contribution in [0.15, 0.2) is 121 Å². The van der Waals surface area contributed by atoms with Gasteiger partial charge in [0, 0.05) is 5.02 Å². The second-order valence-corrected chi connectivity index (χ2v) is 10.9. The molecule has 0 aliphatic carbocycles. The van der Waals surface area contributed by atoms with Crippen LogP contribution in [0.2, 0.25) is 5.02 Å². The van der Waals surface area contributed by atoms with Gasteiger partial charge < -0.3 is 0 Å². The van der Waals surface area contributed by atoms with Crippen molar-refractivity contribution in [2.45, 2.75) is 0 Å². The Kier molecular flexibility index (Phi) is 5.57. The van der Waals surface area contributed by atoms with E-state index in [-0.39, 0.29) is 0 Å². The Balaban J connectivity index is 1.97. The zero-order valence-electron chi connectivity index (χ0n) is 15.5. The van der Waals surface area contributed by atoms with Crippen molar-refractivity contribution < 1.29 is 0 Å². The summed E-state index contributed by atoms with van der Waals surface area (Å²) in [6.45, 7) is 0. The lowest BCUT2D eigenvalue weighted by Gasteiger charge is -2.30. The molecule has 0 amide bonds. The fourth-order valence-electron chi connectivity index (χ4n) is 3.69. The summed E-state index contributed by atoms with van der Waals surface area (Å²) in [5.41, 5.74) is 3.60. The van der Waals surface area contributed by atoms with Gasteiger partial charge in [-0.15, -0.1) is 0 Å². The number of halogens is 1. The van der Waals surface area contributed by atoms with Crippen LogP contribution in [0.3, 0.4) is 0 Å². The highest BCUT2D eigenvalue weighted by molar-refractivity contribution is 7.15. The normalized spacial score (nSPS) is 11.6. The van der Waals surface area contributed by atoms with Gasteiger partial charge in [0.05, 0.1) is 0 Å². The highest BCUT2D eigenvalue weighted by atomic mass is 35.5. The van der Waals surface area contributed by atoms with Crippen LogP contribution in [0, 0.1) is 0 Å². The fourth-order valence-corrected chi connectivity index (χ4v) is 7.99. The predicted octanol–water partition coefficient (Wildman–Crippen LogP) is 5.06. The van der Waals surface area contributed by atoms with E-state index in [1.54, 1.807) is 0 Å². The first-order chi connectivity index (χ1) is 13.8. The van der Waals surface area contributed by atoms with Gasteiger partial charge in [-0.05, 0) is 33.3 Å². The van der Waals surface area contributed by atoms with Crippen LogP contribution < -0.4 is 15.6 Å². The van der Waals surface area contributed by atoms with Gasteiger partial charge in [-0.1, -0.05) is 127 Å². The zero-order chi connectivity index (χ0) is 19.2. The predicted molar refractivity (Wildman–Crippen MR) is 124 cm³/mol. The number of hydrogen-bond donors (Lipinski definition) is 0. The quantitative estimate of drug-likeness (QED) is 0.326. The Morgan fingerprint density at radius 3 is 1.29 bits per heavy atom. The van der Waals surface area contributed by atoms with E-state index in [0.29, 0.717) is 0 Å². The second-order valence-electron chi connectivity index (χ2n) is 6.79. The maximum absolute atomic E-state index is 6.07. The molecule has 0 atom stereocenters. The molecule has 0 fully saturated rings. The molecule has 0 aromatic heterocycles. The lowest BCUT2D eigenvalue weighted by atomic mass is 10.2. The summed E-state index contributed by atoms with van der Waals surface area (Å²) < 4.78 is 0. The molecular formula is C26H21ClSi. The van der Waals surface area contributed by atoms with Crippen molar-refractivity contribution in [3.63, 3.8) is 0 Å². The molecule has 0 radical (unpaired) electrons.